The molecule has 0 aliphatic rings. The van der Waals surface area contributed by atoms with Gasteiger partial charge in [0.05, 0.1) is 6.54 Å². The van der Waals surface area contributed by atoms with Crippen molar-refractivity contribution >= 4 is 11.6 Å². The summed E-state index contributed by atoms with van der Waals surface area (Å²) in [7, 11) is 0. The zero-order valence-corrected chi connectivity index (χ0v) is 14.6. The second-order valence-corrected chi connectivity index (χ2v) is 6.78. The van der Waals surface area contributed by atoms with E-state index in [1.807, 2.05) is 31.2 Å². The van der Waals surface area contributed by atoms with Gasteiger partial charge in [0.15, 0.2) is 0 Å². The average molecular weight is 325 g/mol. The lowest BCUT2D eigenvalue weighted by Crippen LogP contribution is -2.17. The van der Waals surface area contributed by atoms with Gasteiger partial charge in [0, 0.05) is 11.8 Å². The molecule has 3 aromatic rings. The second-order valence-electron chi connectivity index (χ2n) is 6.78. The smallest absolute Gasteiger partial charge is 0.254 e. The van der Waals surface area contributed by atoms with Gasteiger partial charge in [0.1, 0.15) is 24.5 Å². The Morgan fingerprint density at radius 1 is 1.21 bits per heavy atom. The summed E-state index contributed by atoms with van der Waals surface area (Å²) in [6.07, 6.45) is 1.50. The fourth-order valence-corrected chi connectivity index (χ4v) is 2.61. The van der Waals surface area contributed by atoms with Gasteiger partial charge in [-0.25, -0.2) is 4.98 Å². The molecule has 1 N–H and O–H groups in total. The van der Waals surface area contributed by atoms with Gasteiger partial charge in [-0.15, -0.1) is 0 Å². The number of nitrogens with zero attached hydrogens (tertiary/aromatic N) is 4. The quantitative estimate of drug-likeness (QED) is 0.730. The molecule has 6 heteroatoms. The zero-order chi connectivity index (χ0) is 17.2. The first-order chi connectivity index (χ1) is 11.4. The number of aryl methyl sites for hydroxylation is 1. The molecule has 0 bridgehead atoms. The molecule has 2 heterocycles. The number of nitrogens with one attached hydrogen (secondary N) is 1. The first-order valence-corrected chi connectivity index (χ1v) is 8.09. The fraction of sp³-hybridized carbons (Fsp3) is 0.389. The molecule has 0 atom stereocenters. The monoisotopic (exact) mass is 325 g/mol. The Hall–Kier alpha value is -2.63. The van der Waals surface area contributed by atoms with Crippen LogP contribution in [0.3, 0.4) is 0 Å². The van der Waals surface area contributed by atoms with Gasteiger partial charge in [-0.05, 0) is 24.0 Å². The van der Waals surface area contributed by atoms with Crippen molar-refractivity contribution in [3.8, 4) is 5.75 Å². The van der Waals surface area contributed by atoms with Crippen LogP contribution >= 0.6 is 0 Å². The third-order valence-corrected chi connectivity index (χ3v) is 3.74. The van der Waals surface area contributed by atoms with Gasteiger partial charge in [-0.2, -0.15) is 14.6 Å². The van der Waals surface area contributed by atoms with E-state index in [-0.39, 0.29) is 5.41 Å². The predicted molar refractivity (Wildman–Crippen MR) is 94.6 cm³/mol. The van der Waals surface area contributed by atoms with Crippen LogP contribution in [0.1, 0.15) is 32.0 Å². The molecule has 126 valence electrons. The van der Waals surface area contributed by atoms with Crippen LogP contribution in [-0.4, -0.2) is 32.7 Å². The van der Waals surface area contributed by atoms with E-state index in [2.05, 4.69) is 47.2 Å². The van der Waals surface area contributed by atoms with Crippen molar-refractivity contribution < 1.29 is 4.74 Å². The van der Waals surface area contributed by atoms with E-state index in [1.54, 1.807) is 4.52 Å². The van der Waals surface area contributed by atoms with Crippen LogP contribution in [0.25, 0.3) is 5.78 Å². The summed E-state index contributed by atoms with van der Waals surface area (Å²) in [6, 6.07) is 10.1. The third kappa shape index (κ3) is 3.48. The van der Waals surface area contributed by atoms with Crippen LogP contribution < -0.4 is 10.1 Å². The van der Waals surface area contributed by atoms with Crippen LogP contribution in [0.2, 0.25) is 0 Å². The normalized spacial score (nSPS) is 11.7. The minimum Gasteiger partial charge on any atom is -0.491 e. The third-order valence-electron chi connectivity index (χ3n) is 3.74. The van der Waals surface area contributed by atoms with Gasteiger partial charge in [0.2, 0.25) is 0 Å². The highest BCUT2D eigenvalue weighted by molar-refractivity contribution is 5.44. The van der Waals surface area contributed by atoms with Crippen LogP contribution in [0.15, 0.2) is 36.7 Å². The Kier molecular flexibility index (Phi) is 4.38. The number of rotatable bonds is 5. The summed E-state index contributed by atoms with van der Waals surface area (Å²) in [4.78, 5) is 8.45. The van der Waals surface area contributed by atoms with Crippen LogP contribution in [0.5, 0.6) is 5.75 Å². The van der Waals surface area contributed by atoms with Crippen molar-refractivity contribution in [1.82, 2.24) is 19.6 Å². The molecule has 0 saturated heterocycles. The minimum atomic E-state index is 0.0547. The number of benzene rings is 1. The molecule has 2 aromatic heterocycles. The van der Waals surface area contributed by atoms with Gasteiger partial charge in [-0.1, -0.05) is 39.0 Å². The summed E-state index contributed by atoms with van der Waals surface area (Å²) >= 11 is 0. The molecular formula is C18H23N5O. The SMILES string of the molecule is Cc1cc(NCCOc2ccccc2C(C)(C)C)n2ncnc2n1. The molecule has 6 nitrogen and oxygen atoms in total. The lowest BCUT2D eigenvalue weighted by molar-refractivity contribution is 0.323. The van der Waals surface area contributed by atoms with E-state index in [0.717, 1.165) is 17.3 Å². The fourth-order valence-electron chi connectivity index (χ4n) is 2.61. The molecule has 24 heavy (non-hydrogen) atoms. The molecule has 0 amide bonds. The van der Waals surface area contributed by atoms with Gasteiger partial charge >= 0.3 is 0 Å². The van der Waals surface area contributed by atoms with Crippen molar-refractivity contribution in [3.63, 3.8) is 0 Å². The van der Waals surface area contributed by atoms with Crippen molar-refractivity contribution in [2.24, 2.45) is 0 Å². The molecule has 1 aromatic carbocycles. The van der Waals surface area contributed by atoms with E-state index in [9.17, 15) is 0 Å². The second kappa shape index (κ2) is 6.47. The van der Waals surface area contributed by atoms with Gasteiger partial charge < -0.3 is 10.1 Å². The standard InChI is InChI=1S/C18H23N5O/c1-13-11-16(23-17(22-13)20-12-21-23)19-9-10-24-15-8-6-5-7-14(15)18(2,3)4/h5-8,11-12,19H,9-10H2,1-4H3. The van der Waals surface area contributed by atoms with Crippen molar-refractivity contribution in [3.05, 3.63) is 47.9 Å². The van der Waals surface area contributed by atoms with Gasteiger partial charge in [0.25, 0.3) is 5.78 Å². The van der Waals surface area contributed by atoms with E-state index < -0.39 is 0 Å². The van der Waals surface area contributed by atoms with Crippen LogP contribution in [0, 0.1) is 6.92 Å². The largest absolute Gasteiger partial charge is 0.491 e. The van der Waals surface area contributed by atoms with Crippen molar-refractivity contribution in [2.75, 3.05) is 18.5 Å². The number of para-hydroxylation sites is 1. The van der Waals surface area contributed by atoms with Crippen LogP contribution in [-0.2, 0) is 5.41 Å². The number of hydrogen-bond donors (Lipinski definition) is 1. The summed E-state index contributed by atoms with van der Waals surface area (Å²) in [6.45, 7) is 9.73. The topological polar surface area (TPSA) is 64.3 Å². The summed E-state index contributed by atoms with van der Waals surface area (Å²) < 4.78 is 7.68. The maximum absolute atomic E-state index is 5.99. The van der Waals surface area contributed by atoms with Crippen LogP contribution in [0.4, 0.5) is 5.82 Å². The first kappa shape index (κ1) is 16.2. The highest BCUT2D eigenvalue weighted by Gasteiger charge is 2.18. The van der Waals surface area contributed by atoms with Gasteiger partial charge in [-0.3, -0.25) is 0 Å². The Balaban J connectivity index is 1.65. The molecule has 0 radical (unpaired) electrons. The molecule has 0 spiro atoms. The van der Waals surface area contributed by atoms with E-state index in [1.165, 1.54) is 11.9 Å². The van der Waals surface area contributed by atoms with E-state index in [0.29, 0.717) is 18.9 Å². The minimum absolute atomic E-state index is 0.0547. The maximum atomic E-state index is 5.99. The van der Waals surface area contributed by atoms with E-state index >= 15 is 0 Å². The number of aromatic nitrogens is 4. The Morgan fingerprint density at radius 2 is 2.00 bits per heavy atom. The number of hydrogen-bond acceptors (Lipinski definition) is 5. The summed E-state index contributed by atoms with van der Waals surface area (Å²) in [5.41, 5.74) is 2.17. The molecular weight excluding hydrogens is 302 g/mol. The first-order valence-electron chi connectivity index (χ1n) is 8.09. The average Bonchev–Trinajstić information content (AvgIpc) is 2.99. The Morgan fingerprint density at radius 3 is 2.79 bits per heavy atom. The molecule has 0 fully saturated rings. The highest BCUT2D eigenvalue weighted by Crippen LogP contribution is 2.30. The lowest BCUT2D eigenvalue weighted by atomic mass is 9.86. The summed E-state index contributed by atoms with van der Waals surface area (Å²) in [5.74, 6) is 2.39. The number of fused-ring (bicyclic) bond motifs is 1. The molecule has 0 aliphatic carbocycles. The summed E-state index contributed by atoms with van der Waals surface area (Å²) in [5, 5.41) is 7.52. The maximum Gasteiger partial charge on any atom is 0.254 e. The number of ether oxygens (including phenoxy) is 1. The van der Waals surface area contributed by atoms with Crippen molar-refractivity contribution in [2.45, 2.75) is 33.1 Å². The molecule has 0 saturated carbocycles. The predicted octanol–water partition coefficient (Wildman–Crippen LogP) is 3.22. The molecule has 0 aliphatic heterocycles. The Labute approximate surface area is 141 Å². The Bertz CT molecular complexity index is 835. The molecule has 3 rings (SSSR count). The molecule has 0 unspecified atom stereocenters. The highest BCUT2D eigenvalue weighted by atomic mass is 16.5. The van der Waals surface area contributed by atoms with Crippen molar-refractivity contribution in [1.29, 1.82) is 0 Å². The van der Waals surface area contributed by atoms with E-state index in [4.69, 9.17) is 4.74 Å². The number of anilines is 1. The zero-order valence-electron chi connectivity index (χ0n) is 14.6. The lowest BCUT2D eigenvalue weighted by Gasteiger charge is -2.22.